The quantitative estimate of drug-likeness (QED) is 0.604. The van der Waals surface area contributed by atoms with Crippen LogP contribution >= 0.6 is 0 Å². The molecule has 0 radical (unpaired) electrons. The lowest BCUT2D eigenvalue weighted by atomic mass is 9.79. The van der Waals surface area contributed by atoms with Crippen LogP contribution in [-0.2, 0) is 0 Å². The van der Waals surface area contributed by atoms with E-state index in [0.29, 0.717) is 11.5 Å². The molecule has 1 aliphatic rings. The van der Waals surface area contributed by atoms with Crippen molar-refractivity contribution < 1.29 is 9.90 Å². The zero-order chi connectivity index (χ0) is 20.5. The molecule has 0 unspecified atom stereocenters. The molecule has 1 heterocycles. The van der Waals surface area contributed by atoms with Gasteiger partial charge in [-0.25, -0.2) is 5.43 Å². The highest BCUT2D eigenvalue weighted by molar-refractivity contribution is 5.95. The van der Waals surface area contributed by atoms with E-state index in [4.69, 9.17) is 0 Å². The van der Waals surface area contributed by atoms with E-state index in [2.05, 4.69) is 62.2 Å². The standard InChI is InChI=1S/C23H29N3O2/c1-6-26-21-11-15(2)18(12-20(21)16(3)13-23(26,4)5)14-24-25-22(28)17-7-9-19(27)10-8-17/h7-12,14,16,27H,6,13H2,1-5H3,(H,25,28)/b24-14-/t16-/m1/s1. The molecular weight excluding hydrogens is 350 g/mol. The van der Waals surface area contributed by atoms with Crippen LogP contribution in [0.1, 0.15) is 67.1 Å². The van der Waals surface area contributed by atoms with Crippen molar-refractivity contribution in [3.05, 3.63) is 58.7 Å². The van der Waals surface area contributed by atoms with Crippen LogP contribution in [0, 0.1) is 6.92 Å². The van der Waals surface area contributed by atoms with Gasteiger partial charge >= 0.3 is 0 Å². The number of carbonyl (C=O) groups excluding carboxylic acids is 1. The summed E-state index contributed by atoms with van der Waals surface area (Å²) in [5.41, 5.74) is 7.92. The molecule has 0 fully saturated rings. The summed E-state index contributed by atoms with van der Waals surface area (Å²) in [6.45, 7) is 12.1. The Morgan fingerprint density at radius 3 is 2.64 bits per heavy atom. The molecule has 28 heavy (non-hydrogen) atoms. The van der Waals surface area contributed by atoms with Gasteiger partial charge in [-0.3, -0.25) is 4.79 Å². The molecule has 0 saturated heterocycles. The van der Waals surface area contributed by atoms with Gasteiger partial charge in [0.15, 0.2) is 0 Å². The van der Waals surface area contributed by atoms with Gasteiger partial charge < -0.3 is 10.0 Å². The first-order valence-electron chi connectivity index (χ1n) is 9.77. The van der Waals surface area contributed by atoms with E-state index in [1.165, 1.54) is 23.4 Å². The zero-order valence-corrected chi connectivity index (χ0v) is 17.3. The number of hydrogen-bond donors (Lipinski definition) is 2. The van der Waals surface area contributed by atoms with Crippen LogP contribution in [0.5, 0.6) is 5.75 Å². The van der Waals surface area contributed by atoms with E-state index in [0.717, 1.165) is 24.1 Å². The molecule has 0 saturated carbocycles. The lowest BCUT2D eigenvalue weighted by molar-refractivity contribution is 0.0955. The molecule has 5 heteroatoms. The minimum absolute atomic E-state index is 0.128. The third kappa shape index (κ3) is 3.88. The highest BCUT2D eigenvalue weighted by Crippen LogP contribution is 2.43. The second-order valence-electron chi connectivity index (χ2n) is 8.18. The number of phenols is 1. The van der Waals surface area contributed by atoms with Gasteiger partial charge in [-0.15, -0.1) is 0 Å². The number of phenolic OH excluding ortho intramolecular Hbond substituents is 1. The Kier molecular flexibility index (Phi) is 5.45. The molecule has 1 amide bonds. The van der Waals surface area contributed by atoms with E-state index in [9.17, 15) is 9.90 Å². The molecule has 1 aliphatic heterocycles. The minimum atomic E-state index is -0.306. The van der Waals surface area contributed by atoms with Gasteiger partial charge in [-0.05, 0) is 93.1 Å². The third-order valence-corrected chi connectivity index (χ3v) is 5.59. The lowest BCUT2D eigenvalue weighted by Crippen LogP contribution is -2.48. The van der Waals surface area contributed by atoms with Gasteiger partial charge in [0, 0.05) is 23.3 Å². The lowest BCUT2D eigenvalue weighted by Gasteiger charge is -2.47. The average molecular weight is 380 g/mol. The highest BCUT2D eigenvalue weighted by atomic mass is 16.3. The van der Waals surface area contributed by atoms with Crippen LogP contribution in [0.15, 0.2) is 41.5 Å². The summed E-state index contributed by atoms with van der Waals surface area (Å²) >= 11 is 0. The van der Waals surface area contributed by atoms with Gasteiger partial charge in [-0.1, -0.05) is 6.92 Å². The van der Waals surface area contributed by atoms with Gasteiger partial charge in [0.05, 0.1) is 6.21 Å². The number of hydrazone groups is 1. The maximum atomic E-state index is 12.2. The molecule has 3 rings (SSSR count). The number of amides is 1. The van der Waals surface area contributed by atoms with E-state index in [-0.39, 0.29) is 17.2 Å². The van der Waals surface area contributed by atoms with Gasteiger partial charge in [0.1, 0.15) is 5.75 Å². The summed E-state index contributed by atoms with van der Waals surface area (Å²) in [6, 6.07) is 10.5. The van der Waals surface area contributed by atoms with Crippen LogP contribution < -0.4 is 10.3 Å². The van der Waals surface area contributed by atoms with Crippen LogP contribution in [0.3, 0.4) is 0 Å². The number of fused-ring (bicyclic) bond motifs is 1. The van der Waals surface area contributed by atoms with Crippen molar-refractivity contribution in [1.29, 1.82) is 0 Å². The number of carbonyl (C=O) groups is 1. The van der Waals surface area contributed by atoms with Crippen molar-refractivity contribution >= 4 is 17.8 Å². The third-order valence-electron chi connectivity index (χ3n) is 5.59. The molecule has 0 aromatic heterocycles. The molecule has 1 atom stereocenters. The summed E-state index contributed by atoms with van der Waals surface area (Å²) in [7, 11) is 0. The summed E-state index contributed by atoms with van der Waals surface area (Å²) in [4.78, 5) is 14.6. The van der Waals surface area contributed by atoms with Crippen LogP contribution in [-0.4, -0.2) is 29.3 Å². The fraction of sp³-hybridized carbons (Fsp3) is 0.391. The van der Waals surface area contributed by atoms with Crippen molar-refractivity contribution in [2.75, 3.05) is 11.4 Å². The second-order valence-corrected chi connectivity index (χ2v) is 8.18. The first kappa shape index (κ1) is 19.9. The predicted octanol–water partition coefficient (Wildman–Crippen LogP) is 4.58. The first-order valence-corrected chi connectivity index (χ1v) is 9.77. The Labute approximate surface area is 167 Å². The van der Waals surface area contributed by atoms with E-state index < -0.39 is 0 Å². The topological polar surface area (TPSA) is 64.9 Å². The van der Waals surface area contributed by atoms with Crippen molar-refractivity contribution in [3.8, 4) is 5.75 Å². The van der Waals surface area contributed by atoms with Crippen LogP contribution in [0.25, 0.3) is 0 Å². The van der Waals surface area contributed by atoms with Crippen molar-refractivity contribution in [2.45, 2.75) is 52.5 Å². The second kappa shape index (κ2) is 7.66. The molecule has 2 aromatic rings. The molecule has 0 bridgehead atoms. The monoisotopic (exact) mass is 379 g/mol. The Morgan fingerprint density at radius 1 is 1.32 bits per heavy atom. The number of benzene rings is 2. The number of rotatable bonds is 4. The van der Waals surface area contributed by atoms with E-state index in [1.807, 2.05) is 0 Å². The van der Waals surface area contributed by atoms with Gasteiger partial charge in [0.2, 0.25) is 0 Å². The number of nitrogens with one attached hydrogen (secondary N) is 1. The Balaban J connectivity index is 1.82. The summed E-state index contributed by atoms with van der Waals surface area (Å²) in [6.07, 6.45) is 2.81. The fourth-order valence-corrected chi connectivity index (χ4v) is 4.23. The average Bonchev–Trinajstić information content (AvgIpc) is 2.62. The van der Waals surface area contributed by atoms with Crippen LogP contribution in [0.2, 0.25) is 0 Å². The van der Waals surface area contributed by atoms with E-state index in [1.54, 1.807) is 18.3 Å². The SMILES string of the molecule is CCN1c2cc(C)c(/C=N\NC(=O)c3ccc(O)cc3)cc2[C@H](C)CC1(C)C. The van der Waals surface area contributed by atoms with Gasteiger partial charge in [-0.2, -0.15) is 5.10 Å². The summed E-state index contributed by atoms with van der Waals surface area (Å²) in [5, 5.41) is 13.5. The minimum Gasteiger partial charge on any atom is -0.508 e. The largest absolute Gasteiger partial charge is 0.508 e. The Bertz CT molecular complexity index is 901. The van der Waals surface area contributed by atoms with Crippen molar-refractivity contribution in [3.63, 3.8) is 0 Å². The number of hydrogen-bond acceptors (Lipinski definition) is 4. The molecule has 148 valence electrons. The summed E-state index contributed by atoms with van der Waals surface area (Å²) in [5.74, 6) is 0.287. The van der Waals surface area contributed by atoms with Crippen molar-refractivity contribution in [1.82, 2.24) is 5.43 Å². The Hall–Kier alpha value is -2.82. The maximum Gasteiger partial charge on any atom is 0.271 e. The zero-order valence-electron chi connectivity index (χ0n) is 17.3. The molecule has 2 aromatic carbocycles. The Morgan fingerprint density at radius 2 is 2.00 bits per heavy atom. The highest BCUT2D eigenvalue weighted by Gasteiger charge is 2.35. The maximum absolute atomic E-state index is 12.2. The van der Waals surface area contributed by atoms with Crippen LogP contribution in [0.4, 0.5) is 5.69 Å². The normalized spacial score (nSPS) is 18.2. The van der Waals surface area contributed by atoms with Gasteiger partial charge in [0.25, 0.3) is 5.91 Å². The van der Waals surface area contributed by atoms with E-state index >= 15 is 0 Å². The number of nitrogens with zero attached hydrogens (tertiary/aromatic N) is 2. The molecular formula is C23H29N3O2. The molecule has 0 spiro atoms. The number of aryl methyl sites for hydroxylation is 1. The summed E-state index contributed by atoms with van der Waals surface area (Å²) < 4.78 is 0. The number of anilines is 1. The van der Waals surface area contributed by atoms with Crippen molar-refractivity contribution in [2.24, 2.45) is 5.10 Å². The first-order chi connectivity index (χ1) is 13.2. The molecule has 2 N–H and O–H groups in total. The smallest absolute Gasteiger partial charge is 0.271 e. The molecule has 0 aliphatic carbocycles. The molecule has 5 nitrogen and oxygen atoms in total. The predicted molar refractivity (Wildman–Crippen MR) is 114 cm³/mol. The fourth-order valence-electron chi connectivity index (χ4n) is 4.23. The number of aromatic hydroxyl groups is 1.